The fraction of sp³-hybridized carbons (Fsp3) is 0.846. The minimum atomic E-state index is -0.920. The maximum atomic E-state index is 11.6. The molecule has 0 unspecified atom stereocenters. The Balaban J connectivity index is 4.09. The van der Waals surface area contributed by atoms with Crippen LogP contribution in [0.25, 0.3) is 0 Å². The van der Waals surface area contributed by atoms with Crippen LogP contribution in [-0.2, 0) is 14.3 Å². The van der Waals surface area contributed by atoms with Crippen molar-refractivity contribution < 1.29 is 14.3 Å². The zero-order chi connectivity index (χ0) is 14.9. The number of Topliss-reactive ketones (excluding diaryl/α,β-unsaturated/α-hetero) is 1. The molecule has 6 heteroatoms. The molecule has 4 N–H and O–H groups in total. The zero-order valence-corrected chi connectivity index (χ0v) is 12.4. The molecule has 0 amide bonds. The number of hydrazone groups is 1. The molecule has 0 saturated carbocycles. The minimum absolute atomic E-state index is 0.253. The van der Waals surface area contributed by atoms with E-state index in [9.17, 15) is 4.79 Å². The van der Waals surface area contributed by atoms with Gasteiger partial charge in [0, 0.05) is 6.61 Å². The molecular weight excluding hydrogens is 246 g/mol. The highest BCUT2D eigenvalue weighted by atomic mass is 16.5. The molecule has 0 aliphatic rings. The zero-order valence-electron chi connectivity index (χ0n) is 12.4. The third kappa shape index (κ3) is 7.92. The van der Waals surface area contributed by atoms with Crippen molar-refractivity contribution in [3.8, 4) is 0 Å². The third-order valence-electron chi connectivity index (χ3n) is 2.79. The van der Waals surface area contributed by atoms with Crippen LogP contribution in [0.4, 0.5) is 0 Å². The molecule has 0 heterocycles. The van der Waals surface area contributed by atoms with Gasteiger partial charge in [0.15, 0.2) is 0 Å². The van der Waals surface area contributed by atoms with Crippen LogP contribution in [-0.4, -0.2) is 43.0 Å². The standard InChI is InChI=1S/C13H27N3O3/c1-12(2,18-8-5-7-14)6-9-19-13(3,4)11(17)10-16-15/h10H,5-9,14-15H2,1-4H3. The molecule has 0 rings (SSSR count). The Morgan fingerprint density at radius 1 is 1.21 bits per heavy atom. The average Bonchev–Trinajstić information content (AvgIpc) is 2.28. The summed E-state index contributed by atoms with van der Waals surface area (Å²) >= 11 is 0. The summed E-state index contributed by atoms with van der Waals surface area (Å²) in [4.78, 5) is 11.6. The predicted molar refractivity (Wildman–Crippen MR) is 76.0 cm³/mol. The molecular formula is C13H27N3O3. The van der Waals surface area contributed by atoms with Gasteiger partial charge in [-0.05, 0) is 47.1 Å². The highest BCUT2D eigenvalue weighted by Gasteiger charge is 2.28. The van der Waals surface area contributed by atoms with Crippen LogP contribution >= 0.6 is 0 Å². The summed E-state index contributed by atoms with van der Waals surface area (Å²) in [6.45, 7) is 9.04. The lowest BCUT2D eigenvalue weighted by molar-refractivity contribution is -0.135. The first-order valence-corrected chi connectivity index (χ1v) is 6.51. The molecule has 0 aromatic carbocycles. The average molecular weight is 273 g/mol. The lowest BCUT2D eigenvalue weighted by Crippen LogP contribution is -2.38. The van der Waals surface area contributed by atoms with Gasteiger partial charge in [-0.25, -0.2) is 0 Å². The molecule has 0 aliphatic heterocycles. The highest BCUT2D eigenvalue weighted by molar-refractivity contribution is 6.30. The lowest BCUT2D eigenvalue weighted by atomic mass is 10.0. The van der Waals surface area contributed by atoms with Gasteiger partial charge in [0.05, 0.1) is 18.4 Å². The van der Waals surface area contributed by atoms with E-state index < -0.39 is 5.60 Å². The van der Waals surface area contributed by atoms with Gasteiger partial charge in [-0.1, -0.05) is 0 Å². The largest absolute Gasteiger partial charge is 0.375 e. The molecule has 0 bridgehead atoms. The number of hydrogen-bond donors (Lipinski definition) is 2. The number of ketones is 1. The quantitative estimate of drug-likeness (QED) is 0.266. The van der Waals surface area contributed by atoms with E-state index in [1.165, 1.54) is 0 Å². The van der Waals surface area contributed by atoms with Crippen LogP contribution in [0.15, 0.2) is 5.10 Å². The maximum Gasteiger partial charge on any atom is 0.206 e. The van der Waals surface area contributed by atoms with Crippen molar-refractivity contribution in [1.82, 2.24) is 0 Å². The van der Waals surface area contributed by atoms with E-state index in [0.29, 0.717) is 26.2 Å². The van der Waals surface area contributed by atoms with Crippen molar-refractivity contribution >= 4 is 12.0 Å². The van der Waals surface area contributed by atoms with Crippen LogP contribution in [0.5, 0.6) is 0 Å². The Morgan fingerprint density at radius 2 is 1.84 bits per heavy atom. The fourth-order valence-corrected chi connectivity index (χ4v) is 1.35. The van der Waals surface area contributed by atoms with Crippen molar-refractivity contribution in [1.29, 1.82) is 0 Å². The van der Waals surface area contributed by atoms with Gasteiger partial charge in [0.2, 0.25) is 5.78 Å². The van der Waals surface area contributed by atoms with Crippen LogP contribution in [0.1, 0.15) is 40.5 Å². The number of carbonyl (C=O) groups is 1. The van der Waals surface area contributed by atoms with Crippen LogP contribution in [0.3, 0.4) is 0 Å². The molecule has 0 radical (unpaired) electrons. The monoisotopic (exact) mass is 273 g/mol. The first-order valence-electron chi connectivity index (χ1n) is 6.51. The number of nitrogens with two attached hydrogens (primary N) is 2. The van der Waals surface area contributed by atoms with Crippen molar-refractivity contribution in [3.63, 3.8) is 0 Å². The highest BCUT2D eigenvalue weighted by Crippen LogP contribution is 2.17. The normalized spacial score (nSPS) is 13.1. The Morgan fingerprint density at radius 3 is 2.37 bits per heavy atom. The first kappa shape index (κ1) is 18.0. The van der Waals surface area contributed by atoms with E-state index in [1.807, 2.05) is 13.8 Å². The first-order chi connectivity index (χ1) is 8.75. The second-order valence-electron chi connectivity index (χ2n) is 5.50. The number of carbonyl (C=O) groups excluding carboxylic acids is 1. The predicted octanol–water partition coefficient (Wildman–Crippen LogP) is 0.829. The molecule has 0 atom stereocenters. The van der Waals surface area contributed by atoms with Gasteiger partial charge in [-0.3, -0.25) is 4.79 Å². The molecule has 0 spiro atoms. The molecule has 0 aromatic rings. The van der Waals surface area contributed by atoms with E-state index >= 15 is 0 Å². The minimum Gasteiger partial charge on any atom is -0.375 e. The van der Waals surface area contributed by atoms with Crippen molar-refractivity contribution in [2.24, 2.45) is 16.7 Å². The number of nitrogens with zero attached hydrogens (tertiary/aromatic N) is 1. The summed E-state index contributed by atoms with van der Waals surface area (Å²) in [6.07, 6.45) is 2.60. The third-order valence-corrected chi connectivity index (χ3v) is 2.79. The maximum absolute atomic E-state index is 11.6. The number of rotatable bonds is 10. The van der Waals surface area contributed by atoms with E-state index in [1.54, 1.807) is 13.8 Å². The SMILES string of the molecule is CC(C)(CCOC(C)(C)C(=O)C=NN)OCCCN. The molecule has 0 aliphatic carbocycles. The smallest absolute Gasteiger partial charge is 0.206 e. The van der Waals surface area contributed by atoms with Crippen LogP contribution < -0.4 is 11.6 Å². The summed E-state index contributed by atoms with van der Waals surface area (Å²) in [5, 5.41) is 3.22. The summed E-state index contributed by atoms with van der Waals surface area (Å²) in [7, 11) is 0. The molecule has 0 aromatic heterocycles. The summed E-state index contributed by atoms with van der Waals surface area (Å²) in [5.74, 6) is 4.70. The van der Waals surface area contributed by atoms with Gasteiger partial charge in [-0.2, -0.15) is 5.10 Å². The molecule has 0 fully saturated rings. The van der Waals surface area contributed by atoms with Gasteiger partial charge in [0.1, 0.15) is 5.60 Å². The van der Waals surface area contributed by atoms with E-state index in [4.69, 9.17) is 21.1 Å². The Labute approximate surface area is 115 Å². The fourth-order valence-electron chi connectivity index (χ4n) is 1.35. The van der Waals surface area contributed by atoms with E-state index in [-0.39, 0.29) is 11.4 Å². The van der Waals surface area contributed by atoms with E-state index in [2.05, 4.69) is 5.10 Å². The summed E-state index contributed by atoms with van der Waals surface area (Å²) in [6, 6.07) is 0. The van der Waals surface area contributed by atoms with Gasteiger partial charge >= 0.3 is 0 Å². The molecule has 6 nitrogen and oxygen atoms in total. The van der Waals surface area contributed by atoms with Gasteiger partial charge < -0.3 is 21.1 Å². The van der Waals surface area contributed by atoms with Gasteiger partial charge in [-0.15, -0.1) is 0 Å². The van der Waals surface area contributed by atoms with Crippen molar-refractivity contribution in [3.05, 3.63) is 0 Å². The molecule has 112 valence electrons. The van der Waals surface area contributed by atoms with Crippen LogP contribution in [0.2, 0.25) is 0 Å². The summed E-state index contributed by atoms with van der Waals surface area (Å²) < 4.78 is 11.3. The molecule has 0 saturated heterocycles. The number of ether oxygens (including phenoxy) is 2. The topological polar surface area (TPSA) is 99.9 Å². The van der Waals surface area contributed by atoms with Crippen molar-refractivity contribution in [2.75, 3.05) is 19.8 Å². The Kier molecular flexibility index (Phi) is 7.82. The number of hydrogen-bond acceptors (Lipinski definition) is 6. The lowest BCUT2D eigenvalue weighted by Gasteiger charge is -2.28. The second kappa shape index (κ2) is 8.24. The molecule has 19 heavy (non-hydrogen) atoms. The van der Waals surface area contributed by atoms with Gasteiger partial charge in [0.25, 0.3) is 0 Å². The van der Waals surface area contributed by atoms with E-state index in [0.717, 1.165) is 12.6 Å². The Bertz CT molecular complexity index is 302. The second-order valence-corrected chi connectivity index (χ2v) is 5.50. The van der Waals surface area contributed by atoms with Crippen molar-refractivity contribution in [2.45, 2.75) is 51.7 Å². The Hall–Kier alpha value is -0.980. The summed E-state index contributed by atoms with van der Waals surface area (Å²) in [5.41, 5.74) is 4.20. The van der Waals surface area contributed by atoms with Crippen LogP contribution in [0, 0.1) is 0 Å².